The number of anilines is 1. The van der Waals surface area contributed by atoms with Gasteiger partial charge < -0.3 is 4.42 Å². The third kappa shape index (κ3) is 3.74. The van der Waals surface area contributed by atoms with E-state index in [0.29, 0.717) is 10.9 Å². The first kappa shape index (κ1) is 18.8. The Bertz CT molecular complexity index is 1180. The Labute approximate surface area is 170 Å². The highest BCUT2D eigenvalue weighted by molar-refractivity contribution is 7.22. The van der Waals surface area contributed by atoms with E-state index in [1.807, 2.05) is 19.9 Å². The van der Waals surface area contributed by atoms with Crippen molar-refractivity contribution in [2.75, 3.05) is 4.90 Å². The number of nitrogens with zero attached hydrogens (tertiary/aromatic N) is 3. The summed E-state index contributed by atoms with van der Waals surface area (Å²) in [6, 6.07) is 13.3. The maximum Gasteiger partial charge on any atom is 0.270 e. The molecule has 8 heteroatoms. The normalized spacial score (nSPS) is 11.0. The Kier molecular flexibility index (Phi) is 4.85. The number of carbonyl (C=O) groups is 1. The van der Waals surface area contributed by atoms with Crippen LogP contribution in [0, 0.1) is 24.0 Å². The Balaban J connectivity index is 1.78. The highest BCUT2D eigenvalue weighted by Crippen LogP contribution is 2.32. The van der Waals surface area contributed by atoms with Gasteiger partial charge >= 0.3 is 0 Å². The van der Waals surface area contributed by atoms with Crippen LogP contribution in [0.25, 0.3) is 10.2 Å². The molecule has 4 aromatic rings. The quantitative estimate of drug-likeness (QED) is 0.332. The molecule has 0 aliphatic carbocycles. The molecule has 0 spiro atoms. The molecule has 0 radical (unpaired) electrons. The molecule has 7 nitrogen and oxygen atoms in total. The SMILES string of the molecule is Cc1cc2nc(N(Cc3ccco3)C(=O)c3cccc([N+](=O)[O-])c3)sc2cc1C. The molecule has 146 valence electrons. The summed E-state index contributed by atoms with van der Waals surface area (Å²) in [5.74, 6) is 0.216. The third-order valence-electron chi connectivity index (χ3n) is 4.67. The van der Waals surface area contributed by atoms with Crippen LogP contribution in [-0.2, 0) is 6.54 Å². The number of fused-ring (bicyclic) bond motifs is 1. The first-order valence-corrected chi connectivity index (χ1v) is 9.70. The second-order valence-electron chi connectivity index (χ2n) is 6.68. The molecule has 0 aliphatic heterocycles. The fourth-order valence-corrected chi connectivity index (χ4v) is 4.02. The van der Waals surface area contributed by atoms with Crippen molar-refractivity contribution >= 4 is 38.3 Å². The van der Waals surface area contributed by atoms with Crippen molar-refractivity contribution in [2.24, 2.45) is 0 Å². The monoisotopic (exact) mass is 407 g/mol. The Morgan fingerprint density at radius 2 is 1.97 bits per heavy atom. The zero-order chi connectivity index (χ0) is 20.5. The van der Waals surface area contributed by atoms with Crippen molar-refractivity contribution in [3.63, 3.8) is 0 Å². The molecule has 0 N–H and O–H groups in total. The van der Waals surface area contributed by atoms with Gasteiger partial charge in [0.05, 0.1) is 27.9 Å². The van der Waals surface area contributed by atoms with Crippen molar-refractivity contribution in [3.05, 3.63) is 87.4 Å². The summed E-state index contributed by atoms with van der Waals surface area (Å²) in [7, 11) is 0. The maximum absolute atomic E-state index is 13.3. The zero-order valence-corrected chi connectivity index (χ0v) is 16.6. The lowest BCUT2D eigenvalue weighted by Crippen LogP contribution is -2.30. The van der Waals surface area contributed by atoms with Crippen molar-refractivity contribution in [2.45, 2.75) is 20.4 Å². The van der Waals surface area contributed by atoms with E-state index >= 15 is 0 Å². The molecule has 0 unspecified atom stereocenters. The maximum atomic E-state index is 13.3. The minimum absolute atomic E-state index is 0.135. The van der Waals surface area contributed by atoms with Crippen molar-refractivity contribution in [1.29, 1.82) is 0 Å². The minimum Gasteiger partial charge on any atom is -0.467 e. The van der Waals surface area contributed by atoms with Gasteiger partial charge in [-0.25, -0.2) is 4.98 Å². The topological polar surface area (TPSA) is 89.5 Å². The lowest BCUT2D eigenvalue weighted by atomic mass is 10.1. The molecule has 0 fully saturated rings. The van der Waals surface area contributed by atoms with Crippen LogP contribution in [0.3, 0.4) is 0 Å². The first-order chi connectivity index (χ1) is 13.9. The Morgan fingerprint density at radius 1 is 1.17 bits per heavy atom. The fourth-order valence-electron chi connectivity index (χ4n) is 2.98. The molecule has 2 heterocycles. The number of aromatic nitrogens is 1. The Morgan fingerprint density at radius 3 is 2.69 bits per heavy atom. The van der Waals surface area contributed by atoms with Crippen LogP contribution in [0.2, 0.25) is 0 Å². The standard InChI is InChI=1S/C21H17N3O4S/c1-13-9-18-19(10-14(13)2)29-21(22-18)23(12-17-7-4-8-28-17)20(25)15-5-3-6-16(11-15)24(26)27/h3-11H,12H2,1-2H3. The number of rotatable bonds is 5. The van der Waals surface area contributed by atoms with Crippen molar-refractivity contribution in [1.82, 2.24) is 4.98 Å². The molecule has 2 aromatic heterocycles. The van der Waals surface area contributed by atoms with Crippen LogP contribution in [0.5, 0.6) is 0 Å². The summed E-state index contributed by atoms with van der Waals surface area (Å²) in [4.78, 5) is 30.0. The zero-order valence-electron chi connectivity index (χ0n) is 15.8. The fraction of sp³-hybridized carbons (Fsp3) is 0.143. The highest BCUT2D eigenvalue weighted by Gasteiger charge is 2.24. The summed E-state index contributed by atoms with van der Waals surface area (Å²) in [6.45, 7) is 4.22. The van der Waals surface area contributed by atoms with Crippen LogP contribution >= 0.6 is 11.3 Å². The van der Waals surface area contributed by atoms with Gasteiger partial charge in [0.1, 0.15) is 5.76 Å². The van der Waals surface area contributed by atoms with Gasteiger partial charge in [-0.3, -0.25) is 19.8 Å². The number of hydrogen-bond acceptors (Lipinski definition) is 6. The number of amides is 1. The third-order valence-corrected chi connectivity index (χ3v) is 5.71. The largest absolute Gasteiger partial charge is 0.467 e. The van der Waals surface area contributed by atoms with Gasteiger partial charge in [0.2, 0.25) is 0 Å². The molecule has 4 rings (SSSR count). The van der Waals surface area contributed by atoms with E-state index in [1.54, 1.807) is 18.2 Å². The van der Waals surface area contributed by atoms with Gasteiger partial charge in [0.15, 0.2) is 5.13 Å². The summed E-state index contributed by atoms with van der Waals surface area (Å²) in [5.41, 5.74) is 3.17. The van der Waals surface area contributed by atoms with Gasteiger partial charge in [-0.05, 0) is 55.3 Å². The number of furan rings is 1. The van der Waals surface area contributed by atoms with Crippen LogP contribution in [0.1, 0.15) is 27.2 Å². The van der Waals surface area contributed by atoms with Crippen LogP contribution in [0.15, 0.2) is 59.2 Å². The number of carbonyl (C=O) groups excluding carboxylic acids is 1. The second kappa shape index (κ2) is 7.48. The molecular weight excluding hydrogens is 390 g/mol. The summed E-state index contributed by atoms with van der Waals surface area (Å²) >= 11 is 1.40. The molecule has 0 bridgehead atoms. The number of aryl methyl sites for hydroxylation is 2. The molecule has 0 saturated carbocycles. The van der Waals surface area contributed by atoms with E-state index in [2.05, 4.69) is 11.1 Å². The predicted octanol–water partition coefficient (Wildman–Crippen LogP) is 5.26. The molecule has 1 amide bonds. The summed E-state index contributed by atoms with van der Waals surface area (Å²) < 4.78 is 6.39. The van der Waals surface area contributed by atoms with Crippen molar-refractivity contribution in [3.8, 4) is 0 Å². The van der Waals surface area contributed by atoms with Crippen LogP contribution in [-0.4, -0.2) is 15.8 Å². The second-order valence-corrected chi connectivity index (χ2v) is 7.69. The lowest BCUT2D eigenvalue weighted by molar-refractivity contribution is -0.384. The van der Waals surface area contributed by atoms with Gasteiger partial charge in [-0.15, -0.1) is 0 Å². The van der Waals surface area contributed by atoms with Gasteiger partial charge in [0.25, 0.3) is 11.6 Å². The molecular formula is C21H17N3O4S. The first-order valence-electron chi connectivity index (χ1n) is 8.89. The average Bonchev–Trinajstić information content (AvgIpc) is 3.35. The lowest BCUT2D eigenvalue weighted by Gasteiger charge is -2.18. The van der Waals surface area contributed by atoms with Gasteiger partial charge in [-0.1, -0.05) is 17.4 Å². The summed E-state index contributed by atoms with van der Waals surface area (Å²) in [5, 5.41) is 11.6. The number of hydrogen-bond donors (Lipinski definition) is 0. The van der Waals surface area contributed by atoms with E-state index < -0.39 is 4.92 Å². The van der Waals surface area contributed by atoms with E-state index in [1.165, 1.54) is 40.7 Å². The van der Waals surface area contributed by atoms with Crippen LogP contribution in [0.4, 0.5) is 10.8 Å². The van der Waals surface area contributed by atoms with E-state index in [0.717, 1.165) is 21.3 Å². The van der Waals surface area contributed by atoms with E-state index in [-0.39, 0.29) is 23.7 Å². The number of nitro groups is 1. The number of nitro benzene ring substituents is 1. The molecule has 0 saturated heterocycles. The summed E-state index contributed by atoms with van der Waals surface area (Å²) in [6.07, 6.45) is 1.54. The average molecular weight is 407 g/mol. The number of non-ortho nitro benzene ring substituents is 1. The van der Waals surface area contributed by atoms with Gasteiger partial charge in [0, 0.05) is 17.7 Å². The molecule has 0 aliphatic rings. The van der Waals surface area contributed by atoms with Crippen molar-refractivity contribution < 1.29 is 14.1 Å². The van der Waals surface area contributed by atoms with Gasteiger partial charge in [-0.2, -0.15) is 0 Å². The highest BCUT2D eigenvalue weighted by atomic mass is 32.1. The Hall–Kier alpha value is -3.52. The predicted molar refractivity (Wildman–Crippen MR) is 111 cm³/mol. The van der Waals surface area contributed by atoms with Crippen LogP contribution < -0.4 is 4.90 Å². The smallest absolute Gasteiger partial charge is 0.270 e. The van der Waals surface area contributed by atoms with E-state index in [4.69, 9.17) is 4.42 Å². The van der Waals surface area contributed by atoms with E-state index in [9.17, 15) is 14.9 Å². The molecule has 29 heavy (non-hydrogen) atoms. The number of benzene rings is 2. The number of thiazole rings is 1. The minimum atomic E-state index is -0.517. The molecule has 2 aromatic carbocycles. The molecule has 0 atom stereocenters.